The van der Waals surface area contributed by atoms with E-state index in [4.69, 9.17) is 0 Å². The zero-order valence-electron chi connectivity index (χ0n) is 8.46. The van der Waals surface area contributed by atoms with Crippen molar-refractivity contribution in [2.24, 2.45) is 0 Å². The molecule has 0 saturated heterocycles. The first-order valence-electron chi connectivity index (χ1n) is 4.29. The predicted octanol–water partition coefficient (Wildman–Crippen LogP) is 2.09. The minimum atomic E-state index is -0.277. The van der Waals surface area contributed by atoms with Crippen LogP contribution in [0.15, 0.2) is 11.4 Å². The van der Waals surface area contributed by atoms with Gasteiger partial charge in [-0.25, -0.2) is 0 Å². The number of rotatable bonds is 2. The molecular formula is C10H13NO2S. The first kappa shape index (κ1) is 10.9. The lowest BCUT2D eigenvalue weighted by Crippen LogP contribution is -2.40. The van der Waals surface area contributed by atoms with Crippen LogP contribution >= 0.6 is 11.3 Å². The van der Waals surface area contributed by atoms with Gasteiger partial charge in [0.25, 0.3) is 5.91 Å². The summed E-state index contributed by atoms with van der Waals surface area (Å²) >= 11 is 1.28. The predicted molar refractivity (Wildman–Crippen MR) is 56.9 cm³/mol. The summed E-state index contributed by atoms with van der Waals surface area (Å²) < 4.78 is 0. The summed E-state index contributed by atoms with van der Waals surface area (Å²) in [5.74, 6) is -0.186. The normalized spacial score (nSPS) is 11.1. The summed E-state index contributed by atoms with van der Waals surface area (Å²) in [4.78, 5) is 22.7. The summed E-state index contributed by atoms with van der Waals surface area (Å²) in [7, 11) is 0. The van der Waals surface area contributed by atoms with E-state index in [0.29, 0.717) is 16.7 Å². The second-order valence-electron chi connectivity index (χ2n) is 4.03. The molecule has 0 aliphatic heterocycles. The molecule has 0 unspecified atom stereocenters. The molecule has 1 aromatic rings. The number of aldehydes is 1. The fraction of sp³-hybridized carbons (Fsp3) is 0.400. The highest BCUT2D eigenvalue weighted by molar-refractivity contribution is 7.12. The van der Waals surface area contributed by atoms with Crippen LogP contribution in [-0.2, 0) is 0 Å². The molecule has 1 heterocycles. The SMILES string of the molecule is CC(C)(C)NC(=O)c1sccc1C=O. The highest BCUT2D eigenvalue weighted by Crippen LogP contribution is 2.15. The summed E-state index contributed by atoms with van der Waals surface area (Å²) in [5.41, 5.74) is 0.179. The molecule has 0 saturated carbocycles. The van der Waals surface area contributed by atoms with E-state index in [2.05, 4.69) is 5.32 Å². The van der Waals surface area contributed by atoms with Gasteiger partial charge >= 0.3 is 0 Å². The van der Waals surface area contributed by atoms with Crippen LogP contribution in [0.25, 0.3) is 0 Å². The molecule has 1 amide bonds. The van der Waals surface area contributed by atoms with Crippen LogP contribution in [0.4, 0.5) is 0 Å². The van der Waals surface area contributed by atoms with Gasteiger partial charge in [-0.3, -0.25) is 9.59 Å². The van der Waals surface area contributed by atoms with E-state index in [9.17, 15) is 9.59 Å². The van der Waals surface area contributed by atoms with E-state index < -0.39 is 0 Å². The van der Waals surface area contributed by atoms with E-state index in [1.165, 1.54) is 11.3 Å². The van der Waals surface area contributed by atoms with Gasteiger partial charge in [0.2, 0.25) is 0 Å². The maximum Gasteiger partial charge on any atom is 0.262 e. The van der Waals surface area contributed by atoms with Crippen molar-refractivity contribution >= 4 is 23.5 Å². The van der Waals surface area contributed by atoms with Crippen LogP contribution in [-0.4, -0.2) is 17.7 Å². The summed E-state index contributed by atoms with van der Waals surface area (Å²) in [6, 6.07) is 1.65. The third-order valence-electron chi connectivity index (χ3n) is 1.52. The van der Waals surface area contributed by atoms with Crippen LogP contribution in [0.2, 0.25) is 0 Å². The van der Waals surface area contributed by atoms with Gasteiger partial charge in [0, 0.05) is 11.1 Å². The summed E-state index contributed by atoms with van der Waals surface area (Å²) in [5, 5.41) is 4.55. The summed E-state index contributed by atoms with van der Waals surface area (Å²) in [6.45, 7) is 5.71. The molecule has 1 aromatic heterocycles. The lowest BCUT2D eigenvalue weighted by atomic mass is 10.1. The maximum atomic E-state index is 11.6. The fourth-order valence-corrected chi connectivity index (χ4v) is 1.75. The van der Waals surface area contributed by atoms with Gasteiger partial charge < -0.3 is 5.32 Å². The quantitative estimate of drug-likeness (QED) is 0.761. The van der Waals surface area contributed by atoms with E-state index in [1.54, 1.807) is 11.4 Å². The Bertz CT molecular complexity index is 349. The van der Waals surface area contributed by atoms with E-state index in [0.717, 1.165) is 0 Å². The van der Waals surface area contributed by atoms with Crippen molar-refractivity contribution < 1.29 is 9.59 Å². The average Bonchev–Trinajstić information content (AvgIpc) is 2.47. The Balaban J connectivity index is 2.85. The van der Waals surface area contributed by atoms with Crippen molar-refractivity contribution in [2.45, 2.75) is 26.3 Å². The van der Waals surface area contributed by atoms with Gasteiger partial charge in [-0.15, -0.1) is 11.3 Å². The number of carbonyl (C=O) groups is 2. The molecular weight excluding hydrogens is 198 g/mol. The van der Waals surface area contributed by atoms with Gasteiger partial charge in [0.05, 0.1) is 0 Å². The highest BCUT2D eigenvalue weighted by atomic mass is 32.1. The number of hydrogen-bond acceptors (Lipinski definition) is 3. The number of thiophene rings is 1. The van der Waals surface area contributed by atoms with Crippen LogP contribution in [0, 0.1) is 0 Å². The molecule has 0 aliphatic rings. The maximum absolute atomic E-state index is 11.6. The van der Waals surface area contributed by atoms with Gasteiger partial charge in [0.15, 0.2) is 6.29 Å². The lowest BCUT2D eigenvalue weighted by molar-refractivity contribution is 0.0919. The lowest BCUT2D eigenvalue weighted by Gasteiger charge is -2.19. The zero-order valence-corrected chi connectivity index (χ0v) is 9.27. The Kier molecular flexibility index (Phi) is 3.06. The Morgan fingerprint density at radius 1 is 1.50 bits per heavy atom. The topological polar surface area (TPSA) is 46.2 Å². The molecule has 76 valence electrons. The molecule has 4 heteroatoms. The number of carbonyl (C=O) groups excluding carboxylic acids is 2. The monoisotopic (exact) mass is 211 g/mol. The van der Waals surface area contributed by atoms with E-state index in [-0.39, 0.29) is 11.4 Å². The first-order chi connectivity index (χ1) is 6.44. The molecule has 0 bridgehead atoms. The van der Waals surface area contributed by atoms with Crippen molar-refractivity contribution in [1.29, 1.82) is 0 Å². The molecule has 0 radical (unpaired) electrons. The van der Waals surface area contributed by atoms with E-state index in [1.807, 2.05) is 20.8 Å². The van der Waals surface area contributed by atoms with Crippen molar-refractivity contribution in [3.05, 3.63) is 21.9 Å². The third-order valence-corrected chi connectivity index (χ3v) is 2.45. The largest absolute Gasteiger partial charge is 0.347 e. The Hall–Kier alpha value is -1.16. The molecule has 14 heavy (non-hydrogen) atoms. The number of hydrogen-bond donors (Lipinski definition) is 1. The Morgan fingerprint density at radius 2 is 2.14 bits per heavy atom. The number of nitrogens with one attached hydrogen (secondary N) is 1. The zero-order chi connectivity index (χ0) is 10.8. The molecule has 0 atom stereocenters. The van der Waals surface area contributed by atoms with Gasteiger partial charge in [-0.05, 0) is 32.2 Å². The molecule has 1 N–H and O–H groups in total. The summed E-state index contributed by atoms with van der Waals surface area (Å²) in [6.07, 6.45) is 0.702. The van der Waals surface area contributed by atoms with Gasteiger partial charge in [-0.1, -0.05) is 0 Å². The smallest absolute Gasteiger partial charge is 0.262 e. The molecule has 0 spiro atoms. The van der Waals surface area contributed by atoms with Gasteiger partial charge in [0.1, 0.15) is 4.88 Å². The van der Waals surface area contributed by atoms with Crippen LogP contribution in [0.1, 0.15) is 40.8 Å². The Morgan fingerprint density at radius 3 is 2.64 bits per heavy atom. The average molecular weight is 211 g/mol. The highest BCUT2D eigenvalue weighted by Gasteiger charge is 2.18. The molecule has 0 fully saturated rings. The fourth-order valence-electron chi connectivity index (χ4n) is 0.994. The minimum Gasteiger partial charge on any atom is -0.347 e. The van der Waals surface area contributed by atoms with Crippen LogP contribution in [0.3, 0.4) is 0 Å². The molecule has 1 rings (SSSR count). The van der Waals surface area contributed by atoms with E-state index >= 15 is 0 Å². The van der Waals surface area contributed by atoms with Crippen molar-refractivity contribution in [1.82, 2.24) is 5.32 Å². The second-order valence-corrected chi connectivity index (χ2v) is 4.94. The van der Waals surface area contributed by atoms with Crippen molar-refractivity contribution in [3.8, 4) is 0 Å². The number of amides is 1. The van der Waals surface area contributed by atoms with Crippen molar-refractivity contribution in [2.75, 3.05) is 0 Å². The molecule has 0 aliphatic carbocycles. The minimum absolute atomic E-state index is 0.186. The van der Waals surface area contributed by atoms with Crippen LogP contribution < -0.4 is 5.32 Å². The van der Waals surface area contributed by atoms with Crippen molar-refractivity contribution in [3.63, 3.8) is 0 Å². The third kappa shape index (κ3) is 2.67. The second kappa shape index (κ2) is 3.92. The molecule has 3 nitrogen and oxygen atoms in total. The van der Waals surface area contributed by atoms with Crippen LogP contribution in [0.5, 0.6) is 0 Å². The molecule has 0 aromatic carbocycles. The van der Waals surface area contributed by atoms with Gasteiger partial charge in [-0.2, -0.15) is 0 Å². The Labute approximate surface area is 87.1 Å². The first-order valence-corrected chi connectivity index (χ1v) is 5.17. The standard InChI is InChI=1S/C10H13NO2S/c1-10(2,3)11-9(13)8-7(6-12)4-5-14-8/h4-6H,1-3H3,(H,11,13).